The maximum atomic E-state index is 13.2. The molecule has 0 saturated heterocycles. The normalized spacial score (nSPS) is 10.8. The summed E-state index contributed by atoms with van der Waals surface area (Å²) in [5.41, 5.74) is 7.41. The molecule has 0 bridgehead atoms. The van der Waals surface area contributed by atoms with E-state index in [1.54, 1.807) is 6.07 Å². The molecule has 0 aliphatic rings. The standard InChI is InChI=1S/C16H18FNO/c1-11(2)14-5-3-4-6-16(14)19-15-8-7-13(17)9-12(15)10-18/h3-9,11H,10,18H2,1-2H3. The van der Waals surface area contributed by atoms with Gasteiger partial charge in [-0.05, 0) is 35.7 Å². The van der Waals surface area contributed by atoms with Crippen molar-refractivity contribution in [2.45, 2.75) is 26.3 Å². The second-order valence-corrected chi connectivity index (χ2v) is 4.75. The minimum absolute atomic E-state index is 0.247. The van der Waals surface area contributed by atoms with Crippen LogP contribution in [0.5, 0.6) is 11.5 Å². The first-order chi connectivity index (χ1) is 9.11. The van der Waals surface area contributed by atoms with Gasteiger partial charge in [0.2, 0.25) is 0 Å². The third-order valence-electron chi connectivity index (χ3n) is 3.00. The van der Waals surface area contributed by atoms with Crippen LogP contribution in [0.1, 0.15) is 30.9 Å². The van der Waals surface area contributed by atoms with Crippen LogP contribution in [0.15, 0.2) is 42.5 Å². The Kier molecular flexibility index (Phi) is 4.17. The minimum Gasteiger partial charge on any atom is -0.457 e. The summed E-state index contributed by atoms with van der Waals surface area (Å²) >= 11 is 0. The quantitative estimate of drug-likeness (QED) is 0.893. The predicted octanol–water partition coefficient (Wildman–Crippen LogP) is 4.20. The third-order valence-corrected chi connectivity index (χ3v) is 3.00. The average molecular weight is 259 g/mol. The van der Waals surface area contributed by atoms with Gasteiger partial charge in [0.05, 0.1) is 0 Å². The fraction of sp³-hybridized carbons (Fsp3) is 0.250. The van der Waals surface area contributed by atoms with E-state index < -0.39 is 0 Å². The Labute approximate surface area is 113 Å². The van der Waals surface area contributed by atoms with Gasteiger partial charge in [0.1, 0.15) is 17.3 Å². The molecule has 2 N–H and O–H groups in total. The number of hydrogen-bond donors (Lipinski definition) is 1. The van der Waals surface area contributed by atoms with Crippen molar-refractivity contribution < 1.29 is 9.13 Å². The summed E-state index contributed by atoms with van der Waals surface area (Å²) in [6.45, 7) is 4.46. The number of ether oxygens (including phenoxy) is 1. The lowest BCUT2D eigenvalue weighted by Crippen LogP contribution is -2.01. The maximum absolute atomic E-state index is 13.2. The summed E-state index contributed by atoms with van der Waals surface area (Å²) in [4.78, 5) is 0. The smallest absolute Gasteiger partial charge is 0.132 e. The fourth-order valence-corrected chi connectivity index (χ4v) is 1.98. The Morgan fingerprint density at radius 3 is 2.53 bits per heavy atom. The number of para-hydroxylation sites is 1. The maximum Gasteiger partial charge on any atom is 0.132 e. The zero-order chi connectivity index (χ0) is 13.8. The Morgan fingerprint density at radius 1 is 1.11 bits per heavy atom. The first-order valence-corrected chi connectivity index (χ1v) is 6.37. The van der Waals surface area contributed by atoms with E-state index in [0.29, 0.717) is 17.2 Å². The number of benzene rings is 2. The largest absolute Gasteiger partial charge is 0.457 e. The monoisotopic (exact) mass is 259 g/mol. The second kappa shape index (κ2) is 5.85. The van der Waals surface area contributed by atoms with Gasteiger partial charge in [0.25, 0.3) is 0 Å². The minimum atomic E-state index is -0.301. The number of rotatable bonds is 4. The molecular formula is C16H18FNO. The van der Waals surface area contributed by atoms with Gasteiger partial charge in [0.15, 0.2) is 0 Å². The van der Waals surface area contributed by atoms with E-state index in [0.717, 1.165) is 11.3 Å². The molecule has 0 saturated carbocycles. The van der Waals surface area contributed by atoms with Crippen molar-refractivity contribution in [1.82, 2.24) is 0 Å². The predicted molar refractivity (Wildman–Crippen MR) is 74.9 cm³/mol. The van der Waals surface area contributed by atoms with E-state index >= 15 is 0 Å². The van der Waals surface area contributed by atoms with Crippen LogP contribution in [0.2, 0.25) is 0 Å². The summed E-state index contributed by atoms with van der Waals surface area (Å²) in [6, 6.07) is 12.3. The molecule has 2 nitrogen and oxygen atoms in total. The summed E-state index contributed by atoms with van der Waals surface area (Å²) in [5, 5.41) is 0. The zero-order valence-electron chi connectivity index (χ0n) is 11.2. The van der Waals surface area contributed by atoms with Crippen LogP contribution >= 0.6 is 0 Å². The Hall–Kier alpha value is -1.87. The highest BCUT2D eigenvalue weighted by molar-refractivity contribution is 5.42. The topological polar surface area (TPSA) is 35.2 Å². The summed E-state index contributed by atoms with van der Waals surface area (Å²) < 4.78 is 19.1. The van der Waals surface area contributed by atoms with E-state index in [9.17, 15) is 4.39 Å². The summed E-state index contributed by atoms with van der Waals surface area (Å²) in [7, 11) is 0. The first-order valence-electron chi connectivity index (χ1n) is 6.37. The van der Waals surface area contributed by atoms with E-state index in [4.69, 9.17) is 10.5 Å². The van der Waals surface area contributed by atoms with Crippen molar-refractivity contribution in [2.75, 3.05) is 0 Å². The molecule has 0 radical (unpaired) electrons. The third kappa shape index (κ3) is 3.12. The molecule has 3 heteroatoms. The van der Waals surface area contributed by atoms with Gasteiger partial charge in [-0.25, -0.2) is 4.39 Å². The zero-order valence-corrected chi connectivity index (χ0v) is 11.2. The summed E-state index contributed by atoms with van der Waals surface area (Å²) in [6.07, 6.45) is 0. The van der Waals surface area contributed by atoms with Gasteiger partial charge in [0, 0.05) is 12.1 Å². The lowest BCUT2D eigenvalue weighted by atomic mass is 10.0. The Bertz CT molecular complexity index is 566. The van der Waals surface area contributed by atoms with Crippen LogP contribution in [-0.4, -0.2) is 0 Å². The highest BCUT2D eigenvalue weighted by atomic mass is 19.1. The van der Waals surface area contributed by atoms with Crippen LogP contribution in [0, 0.1) is 5.82 Å². The van der Waals surface area contributed by atoms with E-state index in [1.165, 1.54) is 12.1 Å². The van der Waals surface area contributed by atoms with Gasteiger partial charge < -0.3 is 10.5 Å². The molecule has 0 aliphatic heterocycles. The lowest BCUT2D eigenvalue weighted by molar-refractivity contribution is 0.465. The molecule has 0 heterocycles. The molecule has 100 valence electrons. The number of halogens is 1. The lowest BCUT2D eigenvalue weighted by Gasteiger charge is -2.15. The van der Waals surface area contributed by atoms with Crippen LogP contribution in [0.4, 0.5) is 4.39 Å². The van der Waals surface area contributed by atoms with E-state index in [1.807, 2.05) is 24.3 Å². The molecule has 0 aliphatic carbocycles. The van der Waals surface area contributed by atoms with Crippen molar-refractivity contribution >= 4 is 0 Å². The van der Waals surface area contributed by atoms with Crippen molar-refractivity contribution in [3.8, 4) is 11.5 Å². The number of hydrogen-bond acceptors (Lipinski definition) is 2. The molecule has 0 atom stereocenters. The van der Waals surface area contributed by atoms with Gasteiger partial charge >= 0.3 is 0 Å². The van der Waals surface area contributed by atoms with Crippen molar-refractivity contribution in [2.24, 2.45) is 5.73 Å². The molecule has 0 aromatic heterocycles. The van der Waals surface area contributed by atoms with Crippen LogP contribution in [0.25, 0.3) is 0 Å². The van der Waals surface area contributed by atoms with Crippen molar-refractivity contribution in [3.05, 3.63) is 59.4 Å². The molecule has 19 heavy (non-hydrogen) atoms. The van der Waals surface area contributed by atoms with Crippen molar-refractivity contribution in [1.29, 1.82) is 0 Å². The van der Waals surface area contributed by atoms with Crippen molar-refractivity contribution in [3.63, 3.8) is 0 Å². The fourth-order valence-electron chi connectivity index (χ4n) is 1.98. The second-order valence-electron chi connectivity index (χ2n) is 4.75. The molecule has 0 unspecified atom stereocenters. The highest BCUT2D eigenvalue weighted by Crippen LogP contribution is 2.32. The molecule has 2 aromatic carbocycles. The van der Waals surface area contributed by atoms with Gasteiger partial charge in [-0.1, -0.05) is 32.0 Å². The SMILES string of the molecule is CC(C)c1ccccc1Oc1ccc(F)cc1CN. The van der Waals surface area contributed by atoms with Crippen LogP contribution in [0.3, 0.4) is 0 Å². The Balaban J connectivity index is 2.36. The highest BCUT2D eigenvalue weighted by Gasteiger charge is 2.10. The molecule has 0 fully saturated rings. The van der Waals surface area contributed by atoms with Crippen LogP contribution < -0.4 is 10.5 Å². The molecule has 2 aromatic rings. The number of nitrogens with two attached hydrogens (primary N) is 1. The average Bonchev–Trinajstić information content (AvgIpc) is 2.41. The van der Waals surface area contributed by atoms with Gasteiger partial charge in [-0.2, -0.15) is 0 Å². The van der Waals surface area contributed by atoms with Gasteiger partial charge in [-0.3, -0.25) is 0 Å². The summed E-state index contributed by atoms with van der Waals surface area (Å²) in [5.74, 6) is 1.46. The molecular weight excluding hydrogens is 241 g/mol. The molecule has 0 spiro atoms. The molecule has 2 rings (SSSR count). The molecule has 0 amide bonds. The van der Waals surface area contributed by atoms with E-state index in [2.05, 4.69) is 13.8 Å². The van der Waals surface area contributed by atoms with Gasteiger partial charge in [-0.15, -0.1) is 0 Å². The first kappa shape index (κ1) is 13.6. The van der Waals surface area contributed by atoms with E-state index in [-0.39, 0.29) is 12.4 Å². The Morgan fingerprint density at radius 2 is 1.84 bits per heavy atom. The van der Waals surface area contributed by atoms with Crippen LogP contribution in [-0.2, 0) is 6.54 Å².